The highest BCUT2D eigenvalue weighted by atomic mass is 19.4. The molecule has 0 aromatic carbocycles. The van der Waals surface area contributed by atoms with Crippen LogP contribution in [0.1, 0.15) is 41.3 Å². The van der Waals surface area contributed by atoms with E-state index in [0.717, 1.165) is 13.0 Å². The van der Waals surface area contributed by atoms with Crippen LogP contribution in [0.25, 0.3) is 0 Å². The van der Waals surface area contributed by atoms with Crippen molar-refractivity contribution < 1.29 is 35.9 Å². The summed E-state index contributed by atoms with van der Waals surface area (Å²) in [5.74, 6) is -2.57. The molecular weight excluding hydrogens is 506 g/mol. The summed E-state index contributed by atoms with van der Waals surface area (Å²) in [4.78, 5) is 26.7. The van der Waals surface area contributed by atoms with Gasteiger partial charge in [0.05, 0.1) is 24.5 Å². The number of alkyl halides is 5. The number of aliphatic imine (C=N–C) groups is 1. The lowest BCUT2D eigenvalue weighted by Gasteiger charge is -2.40. The monoisotopic (exact) mass is 530 g/mol. The lowest BCUT2D eigenvalue weighted by atomic mass is 9.93. The van der Waals surface area contributed by atoms with E-state index in [0.29, 0.717) is 29.9 Å². The molecule has 8 nitrogen and oxygen atoms in total. The van der Waals surface area contributed by atoms with Gasteiger partial charge in [-0.05, 0) is 44.5 Å². The number of rotatable bonds is 5. The van der Waals surface area contributed by atoms with E-state index < -0.39 is 54.5 Å². The third-order valence-corrected chi connectivity index (χ3v) is 6.44. The number of anilines is 2. The largest absolute Gasteiger partial charge is 0.424 e. The van der Waals surface area contributed by atoms with Gasteiger partial charge in [-0.15, -0.1) is 0 Å². The summed E-state index contributed by atoms with van der Waals surface area (Å²) >= 11 is 0. The smallest absolute Gasteiger partial charge is 0.385 e. The number of nitrogens with zero attached hydrogens (tertiary/aromatic N) is 4. The molecule has 4 heterocycles. The molecule has 0 radical (unpaired) electrons. The second-order valence-corrected chi connectivity index (χ2v) is 9.28. The topological polar surface area (TPSA) is 106 Å². The van der Waals surface area contributed by atoms with Crippen molar-refractivity contribution in [3.05, 3.63) is 46.7 Å². The van der Waals surface area contributed by atoms with Gasteiger partial charge in [0.25, 0.3) is 12.3 Å². The lowest BCUT2D eigenvalue weighted by molar-refractivity contribution is -0.249. The van der Waals surface area contributed by atoms with E-state index in [1.165, 1.54) is 17.9 Å². The zero-order valence-corrected chi connectivity index (χ0v) is 20.1. The van der Waals surface area contributed by atoms with Crippen LogP contribution < -0.4 is 16.0 Å². The van der Waals surface area contributed by atoms with Gasteiger partial charge < -0.3 is 20.7 Å². The number of ether oxygens (including phenoxy) is 1. The molecule has 0 bridgehead atoms. The Balaban J connectivity index is 1.60. The number of fused-ring (bicyclic) bond motifs is 1. The number of amides is 1. The first-order chi connectivity index (χ1) is 17.1. The molecule has 0 fully saturated rings. The zero-order valence-electron chi connectivity index (χ0n) is 20.1. The molecular formula is C23H24F6N6O2. The molecule has 37 heavy (non-hydrogen) atoms. The van der Waals surface area contributed by atoms with Gasteiger partial charge in [-0.3, -0.25) is 9.79 Å². The normalized spacial score (nSPS) is 23.7. The van der Waals surface area contributed by atoms with E-state index in [1.54, 1.807) is 13.0 Å². The minimum absolute atomic E-state index is 0.0285. The molecule has 200 valence electrons. The van der Waals surface area contributed by atoms with Crippen LogP contribution in [0.2, 0.25) is 0 Å². The Kier molecular flexibility index (Phi) is 6.59. The van der Waals surface area contributed by atoms with E-state index in [4.69, 9.17) is 10.5 Å². The Morgan fingerprint density at radius 2 is 1.97 bits per heavy atom. The fourth-order valence-corrected chi connectivity index (χ4v) is 4.22. The van der Waals surface area contributed by atoms with E-state index in [-0.39, 0.29) is 17.2 Å². The molecule has 2 aromatic rings. The van der Waals surface area contributed by atoms with Crippen LogP contribution in [0.5, 0.6) is 0 Å². The molecule has 1 amide bonds. The van der Waals surface area contributed by atoms with Gasteiger partial charge in [-0.2, -0.15) is 13.2 Å². The van der Waals surface area contributed by atoms with Crippen molar-refractivity contribution in [1.29, 1.82) is 0 Å². The van der Waals surface area contributed by atoms with Crippen molar-refractivity contribution in [3.8, 4) is 0 Å². The molecule has 2 atom stereocenters. The average molecular weight is 530 g/mol. The summed E-state index contributed by atoms with van der Waals surface area (Å²) < 4.78 is 85.6. The van der Waals surface area contributed by atoms with Crippen molar-refractivity contribution in [3.63, 3.8) is 0 Å². The molecule has 4 rings (SSSR count). The van der Waals surface area contributed by atoms with Gasteiger partial charge in [-0.25, -0.2) is 23.1 Å². The molecule has 0 aliphatic carbocycles. The van der Waals surface area contributed by atoms with Gasteiger partial charge in [0.15, 0.2) is 0 Å². The van der Waals surface area contributed by atoms with Crippen LogP contribution in [0.3, 0.4) is 0 Å². The summed E-state index contributed by atoms with van der Waals surface area (Å²) in [6.07, 6.45) is -6.98. The molecule has 2 aliphatic rings. The van der Waals surface area contributed by atoms with Gasteiger partial charge in [0, 0.05) is 13.0 Å². The summed E-state index contributed by atoms with van der Waals surface area (Å²) in [6, 6.07) is 3.76. The summed E-state index contributed by atoms with van der Waals surface area (Å²) in [6.45, 7) is 2.86. The Labute approximate surface area is 207 Å². The number of aryl methyl sites for hydroxylation is 1. The lowest BCUT2D eigenvalue weighted by Crippen LogP contribution is -2.60. The number of aromatic nitrogens is 2. The number of carbonyl (C=O) groups excluding carboxylic acids is 1. The number of nitrogens with one attached hydrogen (secondary N) is 1. The number of hydrogen-bond acceptors (Lipinski definition) is 7. The molecule has 0 spiro atoms. The quantitative estimate of drug-likeness (QED) is 0.571. The number of nitrogens with two attached hydrogens (primary N) is 1. The second kappa shape index (κ2) is 9.15. The van der Waals surface area contributed by atoms with Crippen LogP contribution in [-0.4, -0.2) is 59.6 Å². The highest BCUT2D eigenvalue weighted by Gasteiger charge is 2.59. The maximum absolute atomic E-state index is 14.7. The Bertz CT molecular complexity index is 1270. The Morgan fingerprint density at radius 3 is 2.59 bits per heavy atom. The molecule has 3 N–H and O–H groups in total. The van der Waals surface area contributed by atoms with Crippen LogP contribution >= 0.6 is 0 Å². The van der Waals surface area contributed by atoms with Crippen LogP contribution in [0, 0.1) is 12.7 Å². The number of carbonyl (C=O) groups is 1. The fourth-order valence-electron chi connectivity index (χ4n) is 4.22. The van der Waals surface area contributed by atoms with Crippen molar-refractivity contribution in [2.75, 3.05) is 29.9 Å². The first kappa shape index (κ1) is 26.6. The maximum Gasteiger partial charge on any atom is 0.424 e. The Morgan fingerprint density at radius 1 is 1.27 bits per heavy atom. The highest BCUT2D eigenvalue weighted by molar-refractivity contribution is 6.03. The maximum atomic E-state index is 14.7. The van der Waals surface area contributed by atoms with Gasteiger partial charge >= 0.3 is 6.18 Å². The SMILES string of the molecule is Cc1cc2c(nc1C(=O)Nc1ccc(F)c([C@]3(C)CO[C@@](C)(C(F)(F)F)C(N)=N3)n1)CCN2CC(F)F. The number of hydrogen-bond donors (Lipinski definition) is 2. The van der Waals surface area contributed by atoms with Crippen LogP contribution in [0.15, 0.2) is 23.2 Å². The third kappa shape index (κ3) is 4.81. The minimum Gasteiger partial charge on any atom is -0.385 e. The predicted octanol–water partition coefficient (Wildman–Crippen LogP) is 3.73. The van der Waals surface area contributed by atoms with Gasteiger partial charge in [0.1, 0.15) is 34.4 Å². The summed E-state index contributed by atoms with van der Waals surface area (Å²) in [5.41, 5.74) is 2.15. The first-order valence-electron chi connectivity index (χ1n) is 11.2. The number of amidine groups is 1. The second-order valence-electron chi connectivity index (χ2n) is 9.28. The van der Waals surface area contributed by atoms with Crippen molar-refractivity contribution in [2.24, 2.45) is 10.7 Å². The summed E-state index contributed by atoms with van der Waals surface area (Å²) in [7, 11) is 0. The molecule has 0 unspecified atom stereocenters. The fraction of sp³-hybridized carbons (Fsp3) is 0.478. The molecule has 0 saturated carbocycles. The Hall–Kier alpha value is -3.42. The van der Waals surface area contributed by atoms with E-state index in [1.807, 2.05) is 0 Å². The minimum atomic E-state index is -4.85. The van der Waals surface area contributed by atoms with Crippen molar-refractivity contribution in [1.82, 2.24) is 9.97 Å². The number of pyridine rings is 2. The standard InChI is InChI=1S/C23H24F6N6O2/c1-11-8-14-13(6-7-35(14)9-15(25)26)31-17(11)19(36)33-16-5-4-12(24)18(32-16)21(2)10-37-22(3,20(30)34-21)23(27,28)29/h4-5,8,15H,6-7,9-10H2,1-3H3,(H2,30,34)(H,32,33,36)/t21-,22+/m0/s1. The van der Waals surface area contributed by atoms with E-state index in [9.17, 15) is 31.1 Å². The predicted molar refractivity (Wildman–Crippen MR) is 122 cm³/mol. The van der Waals surface area contributed by atoms with Crippen LogP contribution in [-0.2, 0) is 16.7 Å². The van der Waals surface area contributed by atoms with Crippen molar-refractivity contribution in [2.45, 2.75) is 50.9 Å². The van der Waals surface area contributed by atoms with Gasteiger partial charge in [-0.1, -0.05) is 0 Å². The van der Waals surface area contributed by atoms with Gasteiger partial charge in [0.2, 0.25) is 5.60 Å². The van der Waals surface area contributed by atoms with E-state index >= 15 is 0 Å². The van der Waals surface area contributed by atoms with Crippen molar-refractivity contribution >= 4 is 23.2 Å². The van der Waals surface area contributed by atoms with E-state index in [2.05, 4.69) is 20.3 Å². The highest BCUT2D eigenvalue weighted by Crippen LogP contribution is 2.41. The van der Waals surface area contributed by atoms with Crippen LogP contribution in [0.4, 0.5) is 37.8 Å². The number of halogens is 6. The molecule has 0 saturated heterocycles. The first-order valence-corrected chi connectivity index (χ1v) is 11.2. The molecule has 2 aromatic heterocycles. The average Bonchev–Trinajstić information content (AvgIpc) is 3.17. The molecule has 2 aliphatic heterocycles. The zero-order chi connectivity index (χ0) is 27.3. The molecule has 14 heteroatoms. The summed E-state index contributed by atoms with van der Waals surface area (Å²) in [5, 5.41) is 2.50. The third-order valence-electron chi connectivity index (χ3n) is 6.44.